The number of likely N-dealkylation sites (N-methyl/N-ethyl adjacent to an activating group) is 1. The van der Waals surface area contributed by atoms with Crippen molar-refractivity contribution in [3.63, 3.8) is 0 Å². The van der Waals surface area contributed by atoms with Gasteiger partial charge in [-0.3, -0.25) is 4.79 Å². The summed E-state index contributed by atoms with van der Waals surface area (Å²) in [4.78, 5) is 19.9. The molecule has 2 aliphatic carbocycles. The van der Waals surface area contributed by atoms with E-state index in [-0.39, 0.29) is 34.5 Å². The molecule has 0 amide bonds. The molecule has 2 saturated carbocycles. The van der Waals surface area contributed by atoms with Gasteiger partial charge in [-0.2, -0.15) is 0 Å². The Morgan fingerprint density at radius 2 is 1.73 bits per heavy atom. The van der Waals surface area contributed by atoms with Crippen LogP contribution in [0.15, 0.2) is 47.4 Å². The normalized spacial score (nSPS) is 28.9. The Morgan fingerprint density at radius 1 is 1.00 bits per heavy atom. The second-order valence-corrected chi connectivity index (χ2v) is 16.5. The maximum absolute atomic E-state index is 14.9. The first kappa shape index (κ1) is 30.2. The first-order chi connectivity index (χ1) is 21.1. The zero-order valence-corrected chi connectivity index (χ0v) is 26.9. The van der Waals surface area contributed by atoms with Crippen LogP contribution in [0, 0.1) is 23.6 Å². The van der Waals surface area contributed by atoms with Crippen LogP contribution in [0.4, 0.5) is 10.1 Å². The number of hydrogen-bond donors (Lipinski definition) is 0. The van der Waals surface area contributed by atoms with Crippen molar-refractivity contribution in [3.05, 3.63) is 59.4 Å². The number of anilines is 1. The minimum atomic E-state index is -3.15. The van der Waals surface area contributed by atoms with Gasteiger partial charge in [0.05, 0.1) is 10.1 Å². The molecule has 1 unspecified atom stereocenters. The molecule has 238 valence electrons. The predicted octanol–water partition coefficient (Wildman–Crippen LogP) is 5.03. The quantitative estimate of drug-likeness (QED) is 0.383. The molecule has 9 heteroatoms. The van der Waals surface area contributed by atoms with E-state index in [1.165, 1.54) is 12.5 Å². The molecular weight excluding hydrogens is 577 g/mol. The average molecular weight is 624 g/mol. The lowest BCUT2D eigenvalue weighted by atomic mass is 9.56. The van der Waals surface area contributed by atoms with E-state index in [0.29, 0.717) is 16.7 Å². The lowest BCUT2D eigenvalue weighted by molar-refractivity contribution is -0.150. The van der Waals surface area contributed by atoms with Gasteiger partial charge >= 0.3 is 5.97 Å². The van der Waals surface area contributed by atoms with Crippen LogP contribution in [0.3, 0.4) is 0 Å². The molecule has 2 saturated heterocycles. The lowest BCUT2D eigenvalue weighted by Gasteiger charge is -2.54. The van der Waals surface area contributed by atoms with Crippen molar-refractivity contribution in [1.29, 1.82) is 0 Å². The van der Waals surface area contributed by atoms with Crippen molar-refractivity contribution in [2.75, 3.05) is 51.2 Å². The van der Waals surface area contributed by atoms with Gasteiger partial charge in [0.15, 0.2) is 9.84 Å². The monoisotopic (exact) mass is 623 g/mol. The molecule has 3 atom stereocenters. The fraction of sp³-hybridized carbons (Fsp3) is 0.629. The van der Waals surface area contributed by atoms with Crippen molar-refractivity contribution in [2.45, 2.75) is 80.1 Å². The van der Waals surface area contributed by atoms with Crippen LogP contribution in [-0.2, 0) is 31.3 Å². The van der Waals surface area contributed by atoms with Gasteiger partial charge in [0.2, 0.25) is 0 Å². The van der Waals surface area contributed by atoms with E-state index in [1.54, 1.807) is 24.3 Å². The zero-order valence-electron chi connectivity index (χ0n) is 26.1. The van der Waals surface area contributed by atoms with Crippen molar-refractivity contribution in [1.82, 2.24) is 9.80 Å². The summed E-state index contributed by atoms with van der Waals surface area (Å²) >= 11 is 0. The molecule has 2 aromatic rings. The van der Waals surface area contributed by atoms with Crippen LogP contribution < -0.4 is 4.90 Å². The molecule has 0 N–H and O–H groups in total. The van der Waals surface area contributed by atoms with E-state index < -0.39 is 9.84 Å². The third kappa shape index (κ3) is 5.58. The summed E-state index contributed by atoms with van der Waals surface area (Å²) in [6, 6.07) is 12.8. The van der Waals surface area contributed by atoms with Gasteiger partial charge in [0.25, 0.3) is 0 Å². The molecule has 3 aliphatic heterocycles. The van der Waals surface area contributed by atoms with Crippen molar-refractivity contribution in [3.8, 4) is 0 Å². The Morgan fingerprint density at radius 3 is 2.41 bits per heavy atom. The largest absolute Gasteiger partial charge is 0.462 e. The minimum absolute atomic E-state index is 0.114. The molecule has 2 aromatic carbocycles. The van der Waals surface area contributed by atoms with E-state index >= 15 is 0 Å². The van der Waals surface area contributed by atoms with Crippen molar-refractivity contribution >= 4 is 21.5 Å². The molecule has 0 spiro atoms. The van der Waals surface area contributed by atoms with Crippen LogP contribution in [0.5, 0.6) is 0 Å². The van der Waals surface area contributed by atoms with Gasteiger partial charge in [-0.15, -0.1) is 0 Å². The second kappa shape index (κ2) is 11.7. The fourth-order valence-corrected chi connectivity index (χ4v) is 10.8. The number of piperidine rings is 1. The SMILES string of the molecule is CC(=O)O[C@H]1CCC[C@@H]1C1(C2CCN(CC3CN(c4ccc(S(=O)(=O)C5CC5)cc4)C3)CC2)CN(C)Cc2ccc(F)cc21. The Labute approximate surface area is 261 Å². The summed E-state index contributed by atoms with van der Waals surface area (Å²) in [5, 5.41) is -0.177. The van der Waals surface area contributed by atoms with Crippen LogP contribution in [0.25, 0.3) is 0 Å². The maximum Gasteiger partial charge on any atom is 0.302 e. The Kier molecular flexibility index (Phi) is 8.03. The fourth-order valence-electron chi connectivity index (χ4n) is 9.15. The maximum atomic E-state index is 14.9. The molecule has 3 heterocycles. The van der Waals surface area contributed by atoms with Gasteiger partial charge < -0.3 is 19.4 Å². The van der Waals surface area contributed by atoms with Gasteiger partial charge in [-0.25, -0.2) is 12.8 Å². The molecule has 4 fully saturated rings. The Balaban J connectivity index is 1.02. The summed E-state index contributed by atoms with van der Waals surface area (Å²) in [6.07, 6.45) is 6.50. The predicted molar refractivity (Wildman–Crippen MR) is 169 cm³/mol. The van der Waals surface area contributed by atoms with Crippen LogP contribution in [-0.4, -0.2) is 81.9 Å². The molecule has 7 rings (SSSR count). The summed E-state index contributed by atoms with van der Waals surface area (Å²) in [7, 11) is -0.974. The smallest absolute Gasteiger partial charge is 0.302 e. The van der Waals surface area contributed by atoms with Crippen LogP contribution >= 0.6 is 0 Å². The lowest BCUT2D eigenvalue weighted by Crippen LogP contribution is -2.58. The van der Waals surface area contributed by atoms with Gasteiger partial charge in [-0.1, -0.05) is 6.07 Å². The van der Waals surface area contributed by atoms with E-state index in [2.05, 4.69) is 21.7 Å². The van der Waals surface area contributed by atoms with E-state index in [1.807, 2.05) is 18.2 Å². The van der Waals surface area contributed by atoms with Crippen LogP contribution in [0.2, 0.25) is 0 Å². The van der Waals surface area contributed by atoms with Gasteiger partial charge in [-0.05, 0) is 119 Å². The number of fused-ring (bicyclic) bond motifs is 1. The van der Waals surface area contributed by atoms with E-state index in [0.717, 1.165) is 102 Å². The molecule has 44 heavy (non-hydrogen) atoms. The highest BCUT2D eigenvalue weighted by Crippen LogP contribution is 2.54. The Bertz CT molecular complexity index is 1480. The summed E-state index contributed by atoms with van der Waals surface area (Å²) < 4.78 is 45.9. The number of halogens is 1. The molecule has 0 radical (unpaired) electrons. The molecule has 0 aromatic heterocycles. The minimum Gasteiger partial charge on any atom is -0.462 e. The highest BCUT2D eigenvalue weighted by Gasteiger charge is 2.55. The number of carbonyl (C=O) groups excluding carboxylic acids is 1. The molecule has 7 nitrogen and oxygen atoms in total. The molecular formula is C35H46FN3O4S. The number of nitrogens with zero attached hydrogens (tertiary/aromatic N) is 3. The first-order valence-corrected chi connectivity index (χ1v) is 18.1. The standard InChI is InChI=1S/C35H46FN3O4S/c1-24(40)43-34-5-3-4-32(34)35(23-37(2)22-26-6-7-28(36)18-33(26)35)27-14-16-38(17-15-27)19-25-20-39(21-25)29-8-10-30(11-9-29)44(41,42)31-12-13-31/h6-11,18,25,27,31-32,34H,3-5,12-17,19-23H2,1-2H3/t32-,34-,35?/m0/s1. The number of sulfone groups is 1. The number of benzene rings is 2. The molecule has 0 bridgehead atoms. The van der Waals surface area contributed by atoms with Crippen molar-refractivity contribution in [2.24, 2.45) is 17.8 Å². The summed E-state index contributed by atoms with van der Waals surface area (Å²) in [6.45, 7) is 8.29. The highest BCUT2D eigenvalue weighted by molar-refractivity contribution is 7.92. The number of hydrogen-bond acceptors (Lipinski definition) is 7. The summed E-state index contributed by atoms with van der Waals surface area (Å²) in [5.41, 5.74) is 3.23. The number of rotatable bonds is 8. The van der Waals surface area contributed by atoms with E-state index in [9.17, 15) is 17.6 Å². The van der Waals surface area contributed by atoms with Gasteiger partial charge in [0, 0.05) is 62.6 Å². The highest BCUT2D eigenvalue weighted by atomic mass is 32.2. The molecule has 5 aliphatic rings. The third-order valence-electron chi connectivity index (χ3n) is 11.3. The third-order valence-corrected chi connectivity index (χ3v) is 13.5. The number of esters is 1. The number of carbonyl (C=O) groups is 1. The average Bonchev–Trinajstić information content (AvgIpc) is 3.75. The topological polar surface area (TPSA) is 70.2 Å². The zero-order chi connectivity index (χ0) is 30.6. The summed E-state index contributed by atoms with van der Waals surface area (Å²) in [5.74, 6) is 0.785. The van der Waals surface area contributed by atoms with Crippen LogP contribution in [0.1, 0.15) is 63.0 Å². The second-order valence-electron chi connectivity index (χ2n) is 14.3. The van der Waals surface area contributed by atoms with E-state index in [4.69, 9.17) is 4.74 Å². The number of ether oxygens (including phenoxy) is 1. The Hall–Kier alpha value is -2.49. The van der Waals surface area contributed by atoms with Gasteiger partial charge in [0.1, 0.15) is 11.9 Å². The van der Waals surface area contributed by atoms with Crippen molar-refractivity contribution < 1.29 is 22.3 Å². The first-order valence-electron chi connectivity index (χ1n) is 16.6. The number of likely N-dealkylation sites (tertiary alicyclic amines) is 1.